The Labute approximate surface area is 217 Å². The molecule has 0 amide bonds. The summed E-state index contributed by atoms with van der Waals surface area (Å²) in [5.41, 5.74) is 1.00. The van der Waals surface area contributed by atoms with Crippen molar-refractivity contribution in [3.8, 4) is 0 Å². The molecule has 36 heavy (non-hydrogen) atoms. The summed E-state index contributed by atoms with van der Waals surface area (Å²) >= 11 is 6.13. The van der Waals surface area contributed by atoms with E-state index < -0.39 is 15.8 Å². The second-order valence-corrected chi connectivity index (χ2v) is 9.84. The van der Waals surface area contributed by atoms with Gasteiger partial charge in [-0.15, -0.1) is 4.40 Å². The number of aldehydes is 1. The average Bonchev–Trinajstić information content (AvgIpc) is 3.27. The lowest BCUT2D eigenvalue weighted by atomic mass is 9.85. The number of hydrazone groups is 1. The number of halogens is 1. The highest BCUT2D eigenvalue weighted by molar-refractivity contribution is 7.87. The molecule has 1 atom stereocenters. The lowest BCUT2D eigenvalue weighted by Crippen LogP contribution is -2.45. The largest absolute Gasteiger partial charge is 0.358 e. The molecular weight excluding hydrogens is 502 g/mol. The SMILES string of the molecule is CCN(CC)S(=O)(=O)/N=C(\NC)N1CC(OC/C=C/C=O)(c2ccccc2)C(c2ccc(Cl)cc2)=N1. The van der Waals surface area contributed by atoms with Crippen LogP contribution in [0.4, 0.5) is 0 Å². The van der Waals surface area contributed by atoms with Crippen molar-refractivity contribution in [3.05, 3.63) is 82.9 Å². The zero-order valence-corrected chi connectivity index (χ0v) is 22.0. The van der Waals surface area contributed by atoms with Gasteiger partial charge in [-0.1, -0.05) is 74.0 Å². The normalized spacial score (nSPS) is 18.6. The smallest absolute Gasteiger partial charge is 0.325 e. The Balaban J connectivity index is 2.17. The van der Waals surface area contributed by atoms with Gasteiger partial charge in [-0.2, -0.15) is 17.8 Å². The van der Waals surface area contributed by atoms with Gasteiger partial charge in [0.1, 0.15) is 12.0 Å². The van der Waals surface area contributed by atoms with Crippen LogP contribution in [0.2, 0.25) is 5.02 Å². The third-order valence-electron chi connectivity index (χ3n) is 5.68. The second-order valence-electron chi connectivity index (χ2n) is 7.81. The fourth-order valence-electron chi connectivity index (χ4n) is 3.92. The van der Waals surface area contributed by atoms with Gasteiger partial charge >= 0.3 is 10.2 Å². The minimum Gasteiger partial charge on any atom is -0.358 e. The summed E-state index contributed by atoms with van der Waals surface area (Å²) in [4.78, 5) is 10.8. The lowest BCUT2D eigenvalue weighted by molar-refractivity contribution is -0.104. The fraction of sp³-hybridized carbons (Fsp3) is 0.320. The number of carbonyl (C=O) groups excluding carboxylic acids is 1. The average molecular weight is 532 g/mol. The summed E-state index contributed by atoms with van der Waals surface area (Å²) in [6.45, 7) is 4.35. The Hall–Kier alpha value is -3.05. The minimum absolute atomic E-state index is 0.0539. The summed E-state index contributed by atoms with van der Waals surface area (Å²) in [6, 6.07) is 16.7. The van der Waals surface area contributed by atoms with Crippen molar-refractivity contribution in [3.63, 3.8) is 0 Å². The first-order valence-corrected chi connectivity index (χ1v) is 13.3. The van der Waals surface area contributed by atoms with E-state index in [0.29, 0.717) is 30.1 Å². The summed E-state index contributed by atoms with van der Waals surface area (Å²) in [6.07, 6.45) is 3.65. The van der Waals surface area contributed by atoms with Crippen molar-refractivity contribution in [2.24, 2.45) is 9.50 Å². The third kappa shape index (κ3) is 6.01. The van der Waals surface area contributed by atoms with E-state index in [2.05, 4.69) is 9.71 Å². The van der Waals surface area contributed by atoms with Crippen LogP contribution in [0.25, 0.3) is 0 Å². The molecule has 0 aromatic heterocycles. The van der Waals surface area contributed by atoms with Crippen LogP contribution in [-0.4, -0.2) is 69.0 Å². The van der Waals surface area contributed by atoms with Gasteiger partial charge in [0.15, 0.2) is 5.60 Å². The van der Waals surface area contributed by atoms with Gasteiger partial charge < -0.3 is 10.1 Å². The minimum atomic E-state index is -3.95. The molecule has 0 fully saturated rings. The standard InChI is InChI=1S/C25H30ClN5O4S/c1-4-30(5-2)36(33,34)29-24(27-3)31-19-25(35-18-10-9-17-32,21-11-7-6-8-12-21)23(28-31)20-13-15-22(26)16-14-20/h6-17H,4-5,18-19H2,1-3H3,(H,27,29)/b10-9+. The van der Waals surface area contributed by atoms with E-state index in [1.54, 1.807) is 39.1 Å². The Kier molecular flexibility index (Phi) is 9.38. The molecule has 1 aliphatic heterocycles. The fourth-order valence-corrected chi connectivity index (χ4v) is 5.21. The first-order chi connectivity index (χ1) is 17.3. The lowest BCUT2D eigenvalue weighted by Gasteiger charge is -2.31. The van der Waals surface area contributed by atoms with Crippen molar-refractivity contribution in [2.45, 2.75) is 19.4 Å². The van der Waals surface area contributed by atoms with E-state index in [4.69, 9.17) is 21.4 Å². The highest BCUT2D eigenvalue weighted by atomic mass is 35.5. The Morgan fingerprint density at radius 2 is 1.86 bits per heavy atom. The number of carbonyl (C=O) groups is 1. The van der Waals surface area contributed by atoms with E-state index >= 15 is 0 Å². The van der Waals surface area contributed by atoms with Crippen LogP contribution in [0, 0.1) is 0 Å². The number of ether oxygens (including phenoxy) is 1. The van der Waals surface area contributed by atoms with E-state index in [1.165, 1.54) is 15.4 Å². The summed E-state index contributed by atoms with van der Waals surface area (Å²) in [7, 11) is -2.36. The first kappa shape index (κ1) is 27.5. The molecule has 2 aromatic carbocycles. The van der Waals surface area contributed by atoms with Crippen LogP contribution >= 0.6 is 11.6 Å². The molecule has 192 valence electrons. The number of benzene rings is 2. The molecule has 0 bridgehead atoms. The molecule has 2 aromatic rings. The zero-order chi connectivity index (χ0) is 26.2. The van der Waals surface area contributed by atoms with E-state index in [-0.39, 0.29) is 19.1 Å². The van der Waals surface area contributed by atoms with Gasteiger partial charge in [-0.05, 0) is 23.8 Å². The number of guanidine groups is 1. The maximum atomic E-state index is 12.9. The van der Waals surface area contributed by atoms with Gasteiger partial charge in [-0.3, -0.25) is 4.79 Å². The van der Waals surface area contributed by atoms with Gasteiger partial charge in [0, 0.05) is 30.7 Å². The number of nitrogens with zero attached hydrogens (tertiary/aromatic N) is 4. The van der Waals surface area contributed by atoms with Crippen LogP contribution in [0.5, 0.6) is 0 Å². The van der Waals surface area contributed by atoms with E-state index in [0.717, 1.165) is 11.1 Å². The van der Waals surface area contributed by atoms with Gasteiger partial charge in [0.25, 0.3) is 0 Å². The van der Waals surface area contributed by atoms with Crippen LogP contribution < -0.4 is 5.32 Å². The van der Waals surface area contributed by atoms with Crippen molar-refractivity contribution in [1.82, 2.24) is 14.6 Å². The highest BCUT2D eigenvalue weighted by Crippen LogP contribution is 2.37. The monoisotopic (exact) mass is 531 g/mol. The maximum Gasteiger partial charge on any atom is 0.325 e. The molecular formula is C25H30ClN5O4S. The molecule has 0 aliphatic carbocycles. The second kappa shape index (κ2) is 12.3. The maximum absolute atomic E-state index is 12.9. The molecule has 1 heterocycles. The predicted octanol–water partition coefficient (Wildman–Crippen LogP) is 3.19. The topological polar surface area (TPSA) is 104 Å². The molecule has 1 aliphatic rings. The van der Waals surface area contributed by atoms with Crippen LogP contribution in [0.3, 0.4) is 0 Å². The molecule has 11 heteroatoms. The van der Waals surface area contributed by atoms with Crippen molar-refractivity contribution in [1.29, 1.82) is 0 Å². The van der Waals surface area contributed by atoms with E-state index in [1.807, 2.05) is 42.5 Å². The highest BCUT2D eigenvalue weighted by Gasteiger charge is 2.47. The summed E-state index contributed by atoms with van der Waals surface area (Å²) in [5.74, 6) is 0.0539. The summed E-state index contributed by atoms with van der Waals surface area (Å²) in [5, 5.41) is 9.73. The molecule has 0 saturated carbocycles. The Morgan fingerprint density at radius 1 is 1.19 bits per heavy atom. The van der Waals surface area contributed by atoms with Crippen molar-refractivity contribution >= 4 is 39.8 Å². The molecule has 0 radical (unpaired) electrons. The zero-order valence-electron chi connectivity index (χ0n) is 20.5. The van der Waals surface area contributed by atoms with Crippen LogP contribution in [0.1, 0.15) is 25.0 Å². The molecule has 0 saturated heterocycles. The van der Waals surface area contributed by atoms with E-state index in [9.17, 15) is 13.2 Å². The summed E-state index contributed by atoms with van der Waals surface area (Å²) < 4.78 is 37.6. The third-order valence-corrected chi connectivity index (χ3v) is 7.50. The Bertz CT molecular complexity index is 1230. The molecule has 3 rings (SSSR count). The van der Waals surface area contributed by atoms with Crippen molar-refractivity contribution < 1.29 is 17.9 Å². The predicted molar refractivity (Wildman–Crippen MR) is 142 cm³/mol. The molecule has 1 N–H and O–H groups in total. The molecule has 0 spiro atoms. The number of hydrogen-bond donors (Lipinski definition) is 1. The van der Waals surface area contributed by atoms with Gasteiger partial charge in [0.2, 0.25) is 5.96 Å². The van der Waals surface area contributed by atoms with Crippen LogP contribution in [0.15, 0.2) is 76.2 Å². The van der Waals surface area contributed by atoms with Gasteiger partial charge in [-0.25, -0.2) is 5.01 Å². The molecule has 9 nitrogen and oxygen atoms in total. The van der Waals surface area contributed by atoms with Crippen molar-refractivity contribution in [2.75, 3.05) is 33.3 Å². The first-order valence-electron chi connectivity index (χ1n) is 11.5. The molecule has 1 unspecified atom stereocenters. The number of allylic oxidation sites excluding steroid dienone is 1. The van der Waals surface area contributed by atoms with Crippen LogP contribution in [-0.2, 0) is 25.3 Å². The Morgan fingerprint density at radius 3 is 2.44 bits per heavy atom. The quantitative estimate of drug-likeness (QED) is 0.218. The number of rotatable bonds is 10. The van der Waals surface area contributed by atoms with Gasteiger partial charge in [0.05, 0.1) is 13.2 Å². The number of hydrogen-bond acceptors (Lipinski definition) is 5. The number of nitrogens with one attached hydrogen (secondary N) is 1.